The highest BCUT2D eigenvalue weighted by molar-refractivity contribution is 6.33. The third kappa shape index (κ3) is 3.79. The molecule has 0 fully saturated rings. The van der Waals surface area contributed by atoms with Gasteiger partial charge in [-0.2, -0.15) is 0 Å². The molecule has 22 heavy (non-hydrogen) atoms. The van der Waals surface area contributed by atoms with Crippen LogP contribution in [0.2, 0.25) is 5.02 Å². The second-order valence-electron chi connectivity index (χ2n) is 4.20. The van der Waals surface area contributed by atoms with Crippen LogP contribution >= 0.6 is 11.6 Å². The second-order valence-corrected chi connectivity index (χ2v) is 4.61. The summed E-state index contributed by atoms with van der Waals surface area (Å²) in [6.07, 6.45) is 0. The number of hydrogen-bond acceptors (Lipinski definition) is 3. The summed E-state index contributed by atoms with van der Waals surface area (Å²) in [5.74, 6) is -3.53. The second kappa shape index (κ2) is 7.00. The average molecular weight is 326 g/mol. The summed E-state index contributed by atoms with van der Waals surface area (Å²) in [5, 5.41) is 2.17. The van der Waals surface area contributed by atoms with Gasteiger partial charge >= 0.3 is 5.97 Å². The van der Waals surface area contributed by atoms with Crippen LogP contribution in [0, 0.1) is 11.6 Å². The smallest absolute Gasteiger partial charge is 0.340 e. The van der Waals surface area contributed by atoms with Crippen molar-refractivity contribution in [3.8, 4) is 0 Å². The summed E-state index contributed by atoms with van der Waals surface area (Å²) in [4.78, 5) is 23.3. The Morgan fingerprint density at radius 2 is 1.68 bits per heavy atom. The quantitative estimate of drug-likeness (QED) is 0.876. The van der Waals surface area contributed by atoms with E-state index in [4.69, 9.17) is 16.3 Å². The molecule has 0 bridgehead atoms. The van der Waals surface area contributed by atoms with Crippen molar-refractivity contribution in [2.45, 2.75) is 0 Å². The first-order chi connectivity index (χ1) is 10.5. The molecule has 0 unspecified atom stereocenters. The predicted molar refractivity (Wildman–Crippen MR) is 76.7 cm³/mol. The molecule has 2 rings (SSSR count). The van der Waals surface area contributed by atoms with Gasteiger partial charge in [0.05, 0.1) is 10.6 Å². The Hall–Kier alpha value is -2.47. The number of ether oxygens (including phenoxy) is 1. The van der Waals surface area contributed by atoms with Gasteiger partial charge in [-0.05, 0) is 24.3 Å². The van der Waals surface area contributed by atoms with Crippen LogP contribution in [-0.2, 0) is 9.53 Å². The van der Waals surface area contributed by atoms with Crippen molar-refractivity contribution in [3.05, 3.63) is 64.7 Å². The van der Waals surface area contributed by atoms with Crippen molar-refractivity contribution >= 4 is 29.2 Å². The van der Waals surface area contributed by atoms with Gasteiger partial charge in [0.15, 0.2) is 6.61 Å². The summed E-state index contributed by atoms with van der Waals surface area (Å²) in [6.45, 7) is -0.697. The normalized spacial score (nSPS) is 10.1. The van der Waals surface area contributed by atoms with E-state index < -0.39 is 35.8 Å². The van der Waals surface area contributed by atoms with Crippen LogP contribution in [0.3, 0.4) is 0 Å². The van der Waals surface area contributed by atoms with Crippen LogP contribution in [0.1, 0.15) is 10.4 Å². The minimum atomic E-state index is -0.925. The van der Waals surface area contributed by atoms with Gasteiger partial charge in [0.2, 0.25) is 0 Å². The van der Waals surface area contributed by atoms with Crippen molar-refractivity contribution in [2.75, 3.05) is 11.9 Å². The van der Waals surface area contributed by atoms with Crippen molar-refractivity contribution in [1.29, 1.82) is 0 Å². The van der Waals surface area contributed by atoms with Gasteiger partial charge in [0.25, 0.3) is 5.91 Å². The Morgan fingerprint density at radius 3 is 2.32 bits per heavy atom. The Balaban J connectivity index is 1.96. The molecular formula is C15H10ClF2NO3. The maximum atomic E-state index is 13.3. The van der Waals surface area contributed by atoms with Crippen LogP contribution in [-0.4, -0.2) is 18.5 Å². The first kappa shape index (κ1) is 15.9. The van der Waals surface area contributed by atoms with Gasteiger partial charge in [0, 0.05) is 0 Å². The number of esters is 1. The number of nitrogens with one attached hydrogen (secondary N) is 1. The monoisotopic (exact) mass is 325 g/mol. The Labute approximate surface area is 129 Å². The fraction of sp³-hybridized carbons (Fsp3) is 0.0667. The van der Waals surface area contributed by atoms with E-state index >= 15 is 0 Å². The third-order valence-corrected chi connectivity index (χ3v) is 2.98. The van der Waals surface area contributed by atoms with Crippen molar-refractivity contribution in [3.63, 3.8) is 0 Å². The molecule has 0 radical (unpaired) electrons. The minimum absolute atomic E-state index is 0.0917. The lowest BCUT2D eigenvalue weighted by Crippen LogP contribution is -2.22. The summed E-state index contributed by atoms with van der Waals surface area (Å²) < 4.78 is 31.4. The van der Waals surface area contributed by atoms with E-state index in [2.05, 4.69) is 0 Å². The number of anilines is 1. The zero-order valence-corrected chi connectivity index (χ0v) is 11.9. The molecule has 0 atom stereocenters. The molecule has 2 aromatic carbocycles. The van der Waals surface area contributed by atoms with Gasteiger partial charge in [-0.25, -0.2) is 13.6 Å². The number of halogens is 3. The lowest BCUT2D eigenvalue weighted by atomic mass is 10.2. The first-order valence-electron chi connectivity index (χ1n) is 6.14. The molecule has 0 saturated carbocycles. The number of carbonyl (C=O) groups excluding carboxylic acids is 2. The molecule has 1 N–H and O–H groups in total. The number of carbonyl (C=O) groups is 2. The highest BCUT2D eigenvalue weighted by Gasteiger charge is 2.15. The van der Waals surface area contributed by atoms with Gasteiger partial charge in [-0.1, -0.05) is 29.8 Å². The molecule has 2 aromatic rings. The molecule has 0 aliphatic rings. The maximum absolute atomic E-state index is 13.3. The Kier molecular flexibility index (Phi) is 5.06. The van der Waals surface area contributed by atoms with Crippen molar-refractivity contribution in [2.24, 2.45) is 0 Å². The van der Waals surface area contributed by atoms with Crippen LogP contribution < -0.4 is 5.32 Å². The molecule has 7 heteroatoms. The van der Waals surface area contributed by atoms with Crippen LogP contribution in [0.25, 0.3) is 0 Å². The summed E-state index contributed by atoms with van der Waals surface area (Å²) in [5.41, 5.74) is -0.504. The largest absolute Gasteiger partial charge is 0.452 e. The molecule has 114 valence electrons. The molecule has 0 aliphatic heterocycles. The average Bonchev–Trinajstić information content (AvgIpc) is 2.49. The Morgan fingerprint density at radius 1 is 1.05 bits per heavy atom. The van der Waals surface area contributed by atoms with E-state index in [1.807, 2.05) is 5.32 Å². The van der Waals surface area contributed by atoms with Crippen molar-refractivity contribution < 1.29 is 23.1 Å². The van der Waals surface area contributed by atoms with E-state index in [-0.39, 0.29) is 10.6 Å². The van der Waals surface area contributed by atoms with E-state index in [1.165, 1.54) is 12.1 Å². The third-order valence-electron chi connectivity index (χ3n) is 2.66. The number of benzene rings is 2. The molecule has 4 nitrogen and oxygen atoms in total. The Bertz CT molecular complexity index is 701. The maximum Gasteiger partial charge on any atom is 0.340 e. The highest BCUT2D eigenvalue weighted by atomic mass is 35.5. The highest BCUT2D eigenvalue weighted by Crippen LogP contribution is 2.18. The molecular weight excluding hydrogens is 316 g/mol. The minimum Gasteiger partial charge on any atom is -0.452 e. The summed E-state index contributed by atoms with van der Waals surface area (Å²) in [6, 6.07) is 9.29. The van der Waals surface area contributed by atoms with Gasteiger partial charge in [0.1, 0.15) is 17.3 Å². The van der Waals surface area contributed by atoms with Crippen LogP contribution in [0.4, 0.5) is 14.5 Å². The summed E-state index contributed by atoms with van der Waals surface area (Å²) >= 11 is 5.81. The molecule has 0 saturated heterocycles. The van der Waals surface area contributed by atoms with E-state index in [9.17, 15) is 18.4 Å². The zero-order chi connectivity index (χ0) is 16.1. The molecule has 1 amide bonds. The van der Waals surface area contributed by atoms with Crippen molar-refractivity contribution in [1.82, 2.24) is 0 Å². The lowest BCUT2D eigenvalue weighted by molar-refractivity contribution is -0.119. The predicted octanol–water partition coefficient (Wildman–Crippen LogP) is 3.41. The fourth-order valence-electron chi connectivity index (χ4n) is 1.63. The van der Waals surface area contributed by atoms with E-state index in [1.54, 1.807) is 12.1 Å². The zero-order valence-electron chi connectivity index (χ0n) is 11.1. The van der Waals surface area contributed by atoms with Crippen LogP contribution in [0.15, 0.2) is 42.5 Å². The standard InChI is InChI=1S/C15H10ClF2NO3/c16-10-5-2-1-4-9(10)15(21)22-8-13(20)19-14-11(17)6-3-7-12(14)18/h1-7H,8H2,(H,19,20). The first-order valence-corrected chi connectivity index (χ1v) is 6.52. The molecule has 0 aliphatic carbocycles. The fourth-order valence-corrected chi connectivity index (χ4v) is 1.84. The van der Waals surface area contributed by atoms with Crippen LogP contribution in [0.5, 0.6) is 0 Å². The number of amides is 1. The molecule has 0 heterocycles. The van der Waals surface area contributed by atoms with E-state index in [0.717, 1.165) is 18.2 Å². The SMILES string of the molecule is O=C(COC(=O)c1ccccc1Cl)Nc1c(F)cccc1F. The molecule has 0 aromatic heterocycles. The summed E-state index contributed by atoms with van der Waals surface area (Å²) in [7, 11) is 0. The molecule has 0 spiro atoms. The van der Waals surface area contributed by atoms with Gasteiger partial charge < -0.3 is 10.1 Å². The van der Waals surface area contributed by atoms with E-state index in [0.29, 0.717) is 0 Å². The number of hydrogen-bond donors (Lipinski definition) is 1. The lowest BCUT2D eigenvalue weighted by Gasteiger charge is -2.08. The van der Waals surface area contributed by atoms with Gasteiger partial charge in [-0.3, -0.25) is 4.79 Å². The number of rotatable bonds is 4. The topological polar surface area (TPSA) is 55.4 Å². The number of para-hydroxylation sites is 1. The van der Waals surface area contributed by atoms with Gasteiger partial charge in [-0.15, -0.1) is 0 Å².